The van der Waals surface area contributed by atoms with E-state index in [-0.39, 0.29) is 0 Å². The van der Waals surface area contributed by atoms with Crippen molar-refractivity contribution in [1.82, 2.24) is 0 Å². The van der Waals surface area contributed by atoms with Crippen LogP contribution in [0.2, 0.25) is 0 Å². The Kier molecular flexibility index (Phi) is 3.46. The molecule has 2 aliphatic rings. The summed E-state index contributed by atoms with van der Waals surface area (Å²) < 4.78 is 31.1. The van der Waals surface area contributed by atoms with Crippen molar-refractivity contribution in [2.24, 2.45) is 0 Å². The van der Waals surface area contributed by atoms with Crippen LogP contribution in [0.5, 0.6) is 23.0 Å². The summed E-state index contributed by atoms with van der Waals surface area (Å²) in [5, 5.41) is 1.95. The molecule has 5 nitrogen and oxygen atoms in total. The third-order valence-electron chi connectivity index (χ3n) is 6.40. The molecule has 0 amide bonds. The molecule has 2 aliphatic heterocycles. The molecule has 0 unspecified atom stereocenters. The van der Waals surface area contributed by atoms with Crippen LogP contribution in [0.4, 0.5) is 0 Å². The summed E-state index contributed by atoms with van der Waals surface area (Å²) in [6, 6.07) is 17.6. The Bertz CT molecular complexity index is 1300. The molecule has 3 aromatic carbocycles. The zero-order valence-electron chi connectivity index (χ0n) is 17.3. The van der Waals surface area contributed by atoms with E-state index < -0.39 is 18.3 Å². The standard InChI is InChI=1S/C24H21BO5/c1-23(2)24(3,4)30-25(29-23)16-9-7-8-14-15-12-13-19-22(21(15)28-20(14)16)27-18-11-6-5-10-17(18)26-19/h5-13H,1-4H3. The second kappa shape index (κ2) is 5.81. The van der Waals surface area contributed by atoms with Crippen molar-refractivity contribution >= 4 is 34.5 Å². The fourth-order valence-corrected chi connectivity index (χ4v) is 4.02. The van der Waals surface area contributed by atoms with E-state index in [9.17, 15) is 0 Å². The minimum atomic E-state index is -0.506. The maximum atomic E-state index is 6.38. The van der Waals surface area contributed by atoms with E-state index in [0.29, 0.717) is 28.6 Å². The third-order valence-corrected chi connectivity index (χ3v) is 6.40. The number of hydrogen-bond donors (Lipinski definition) is 0. The molecule has 0 saturated carbocycles. The van der Waals surface area contributed by atoms with E-state index in [1.165, 1.54) is 0 Å². The third kappa shape index (κ3) is 2.38. The van der Waals surface area contributed by atoms with Gasteiger partial charge in [-0.05, 0) is 52.0 Å². The first-order valence-corrected chi connectivity index (χ1v) is 10.1. The van der Waals surface area contributed by atoms with Crippen LogP contribution < -0.4 is 14.9 Å². The molecule has 3 heterocycles. The van der Waals surface area contributed by atoms with E-state index >= 15 is 0 Å². The molecular weight excluding hydrogens is 379 g/mol. The average molecular weight is 400 g/mol. The van der Waals surface area contributed by atoms with Gasteiger partial charge in [-0.1, -0.05) is 30.3 Å². The highest BCUT2D eigenvalue weighted by Crippen LogP contribution is 2.50. The van der Waals surface area contributed by atoms with Crippen molar-refractivity contribution in [2.75, 3.05) is 0 Å². The van der Waals surface area contributed by atoms with Crippen LogP contribution in [0, 0.1) is 0 Å². The Hall–Kier alpha value is -2.96. The van der Waals surface area contributed by atoms with Gasteiger partial charge in [0.05, 0.1) is 11.2 Å². The maximum absolute atomic E-state index is 6.38. The minimum absolute atomic E-state index is 0.425. The molecule has 1 saturated heterocycles. The summed E-state index contributed by atoms with van der Waals surface area (Å²) in [7, 11) is -0.506. The number of benzene rings is 3. The minimum Gasteiger partial charge on any atom is -0.452 e. The van der Waals surface area contributed by atoms with Gasteiger partial charge >= 0.3 is 7.12 Å². The first-order chi connectivity index (χ1) is 14.3. The Labute approximate surface area is 174 Å². The Morgan fingerprint density at radius 3 is 2.03 bits per heavy atom. The summed E-state index contributed by atoms with van der Waals surface area (Å²) in [4.78, 5) is 0. The van der Waals surface area contributed by atoms with E-state index in [4.69, 9.17) is 23.2 Å². The van der Waals surface area contributed by atoms with Gasteiger partial charge < -0.3 is 23.2 Å². The van der Waals surface area contributed by atoms with Crippen molar-refractivity contribution in [3.05, 3.63) is 54.6 Å². The number of furan rings is 1. The number of ether oxygens (including phenoxy) is 2. The maximum Gasteiger partial charge on any atom is 0.498 e. The van der Waals surface area contributed by atoms with Crippen LogP contribution in [0.25, 0.3) is 21.9 Å². The lowest BCUT2D eigenvalue weighted by molar-refractivity contribution is 0.00578. The van der Waals surface area contributed by atoms with Crippen LogP contribution in [0.1, 0.15) is 27.7 Å². The average Bonchev–Trinajstić information content (AvgIpc) is 3.20. The Morgan fingerprint density at radius 1 is 0.633 bits per heavy atom. The van der Waals surface area contributed by atoms with Gasteiger partial charge in [0.15, 0.2) is 22.8 Å². The van der Waals surface area contributed by atoms with Gasteiger partial charge in [-0.3, -0.25) is 0 Å². The molecule has 150 valence electrons. The van der Waals surface area contributed by atoms with Crippen LogP contribution in [0.15, 0.2) is 59.0 Å². The molecule has 6 rings (SSSR count). The van der Waals surface area contributed by atoms with Gasteiger partial charge in [0.2, 0.25) is 5.75 Å². The predicted molar refractivity (Wildman–Crippen MR) is 116 cm³/mol. The topological polar surface area (TPSA) is 50.1 Å². The van der Waals surface area contributed by atoms with Crippen LogP contribution in [-0.4, -0.2) is 18.3 Å². The highest BCUT2D eigenvalue weighted by molar-refractivity contribution is 6.65. The second-order valence-corrected chi connectivity index (χ2v) is 8.83. The number of para-hydroxylation sites is 3. The molecule has 4 aromatic rings. The number of fused-ring (bicyclic) bond motifs is 6. The van der Waals surface area contributed by atoms with Crippen molar-refractivity contribution in [3.63, 3.8) is 0 Å². The molecule has 0 spiro atoms. The van der Waals surface area contributed by atoms with E-state index in [2.05, 4.69) is 0 Å². The molecule has 0 atom stereocenters. The molecular formula is C24H21BO5. The van der Waals surface area contributed by atoms with Crippen molar-refractivity contribution < 1.29 is 23.2 Å². The summed E-state index contributed by atoms with van der Waals surface area (Å²) in [5.74, 6) is 2.59. The first-order valence-electron chi connectivity index (χ1n) is 10.1. The normalized spacial score (nSPS) is 18.7. The van der Waals surface area contributed by atoms with Crippen LogP contribution >= 0.6 is 0 Å². The summed E-state index contributed by atoms with van der Waals surface area (Å²) in [6.45, 7) is 8.19. The first kappa shape index (κ1) is 17.9. The SMILES string of the molecule is CC1(C)OB(c2cccc3c2oc2c4c(ccc23)Oc2ccccc2O4)OC1(C)C. The van der Waals surface area contributed by atoms with Crippen molar-refractivity contribution in [2.45, 2.75) is 38.9 Å². The van der Waals surface area contributed by atoms with Gasteiger partial charge in [-0.2, -0.15) is 0 Å². The fourth-order valence-electron chi connectivity index (χ4n) is 4.02. The van der Waals surface area contributed by atoms with Gasteiger partial charge in [-0.25, -0.2) is 0 Å². The zero-order valence-corrected chi connectivity index (χ0v) is 17.3. The molecule has 0 N–H and O–H groups in total. The summed E-state index contributed by atoms with van der Waals surface area (Å²) >= 11 is 0. The van der Waals surface area contributed by atoms with Gasteiger partial charge in [0, 0.05) is 16.2 Å². The molecule has 0 bridgehead atoms. The van der Waals surface area contributed by atoms with Crippen molar-refractivity contribution in [3.8, 4) is 23.0 Å². The summed E-state index contributed by atoms with van der Waals surface area (Å²) in [5.41, 5.74) is 1.41. The van der Waals surface area contributed by atoms with Gasteiger partial charge in [-0.15, -0.1) is 0 Å². The van der Waals surface area contributed by atoms with E-state index in [1.54, 1.807) is 0 Å². The van der Waals surface area contributed by atoms with E-state index in [0.717, 1.165) is 21.8 Å². The molecule has 6 heteroatoms. The Morgan fingerprint density at radius 2 is 1.30 bits per heavy atom. The zero-order chi connectivity index (χ0) is 20.7. The van der Waals surface area contributed by atoms with Crippen LogP contribution in [-0.2, 0) is 9.31 Å². The van der Waals surface area contributed by atoms with Gasteiger partial charge in [0.1, 0.15) is 5.58 Å². The molecule has 0 radical (unpaired) electrons. The van der Waals surface area contributed by atoms with Gasteiger partial charge in [0.25, 0.3) is 0 Å². The van der Waals surface area contributed by atoms with E-state index in [1.807, 2.05) is 82.3 Å². The van der Waals surface area contributed by atoms with Crippen molar-refractivity contribution in [1.29, 1.82) is 0 Å². The quantitative estimate of drug-likeness (QED) is 0.334. The predicted octanol–water partition coefficient (Wildman–Crippen LogP) is 5.78. The lowest BCUT2D eigenvalue weighted by atomic mass is 9.78. The number of hydrogen-bond acceptors (Lipinski definition) is 5. The monoisotopic (exact) mass is 400 g/mol. The smallest absolute Gasteiger partial charge is 0.452 e. The molecule has 1 aromatic heterocycles. The number of rotatable bonds is 1. The van der Waals surface area contributed by atoms with Crippen LogP contribution in [0.3, 0.4) is 0 Å². The highest BCUT2D eigenvalue weighted by Gasteiger charge is 2.52. The largest absolute Gasteiger partial charge is 0.498 e. The summed E-state index contributed by atoms with van der Waals surface area (Å²) in [6.07, 6.45) is 0. The molecule has 30 heavy (non-hydrogen) atoms. The fraction of sp³-hybridized carbons (Fsp3) is 0.250. The highest BCUT2D eigenvalue weighted by atomic mass is 16.7. The second-order valence-electron chi connectivity index (χ2n) is 8.83. The molecule has 1 fully saturated rings. The lowest BCUT2D eigenvalue weighted by Crippen LogP contribution is -2.41. The Balaban J connectivity index is 1.53. The molecule has 0 aliphatic carbocycles. The lowest BCUT2D eigenvalue weighted by Gasteiger charge is -2.32.